The van der Waals surface area contributed by atoms with Crippen LogP contribution in [0.3, 0.4) is 0 Å². The van der Waals surface area contributed by atoms with E-state index in [1.54, 1.807) is 12.1 Å². The van der Waals surface area contributed by atoms with Crippen molar-refractivity contribution in [1.82, 2.24) is 19.3 Å². The fourth-order valence-electron chi connectivity index (χ4n) is 3.14. The van der Waals surface area contributed by atoms with Gasteiger partial charge in [-0.3, -0.25) is 4.90 Å². The van der Waals surface area contributed by atoms with Gasteiger partial charge in [0, 0.05) is 36.8 Å². The molecule has 4 rings (SSSR count). The number of sulfonamides is 1. The first kappa shape index (κ1) is 20.0. The SMILES string of the molecule is O=S(=O)(c1ccc(F)cc1)N1CCN(Cc2noc(-c3cccc(Cl)c3)n2)CC1. The van der Waals surface area contributed by atoms with E-state index in [0.717, 1.165) is 17.7 Å². The van der Waals surface area contributed by atoms with Crippen LogP contribution in [0.4, 0.5) is 4.39 Å². The zero-order valence-electron chi connectivity index (χ0n) is 15.3. The van der Waals surface area contributed by atoms with E-state index in [1.165, 1.54) is 16.4 Å². The second-order valence-electron chi connectivity index (χ2n) is 6.66. The maximum atomic E-state index is 13.1. The molecule has 3 aromatic rings. The molecule has 0 unspecified atom stereocenters. The summed E-state index contributed by atoms with van der Waals surface area (Å²) in [6, 6.07) is 12.0. The van der Waals surface area contributed by atoms with E-state index in [0.29, 0.717) is 49.5 Å². The number of nitrogens with zero attached hydrogens (tertiary/aromatic N) is 4. The fourth-order valence-corrected chi connectivity index (χ4v) is 4.75. The van der Waals surface area contributed by atoms with Crippen molar-refractivity contribution in [2.45, 2.75) is 11.4 Å². The molecular formula is C19H18ClFN4O3S. The van der Waals surface area contributed by atoms with E-state index in [4.69, 9.17) is 16.1 Å². The molecule has 0 atom stereocenters. The Bertz CT molecular complexity index is 1100. The minimum absolute atomic E-state index is 0.0941. The molecule has 2 aromatic carbocycles. The predicted octanol–water partition coefficient (Wildman–Crippen LogP) is 3.04. The zero-order chi connectivity index (χ0) is 20.4. The van der Waals surface area contributed by atoms with Crippen LogP contribution in [-0.2, 0) is 16.6 Å². The summed E-state index contributed by atoms with van der Waals surface area (Å²) in [5.41, 5.74) is 0.742. The van der Waals surface area contributed by atoms with Crippen molar-refractivity contribution in [2.75, 3.05) is 26.2 Å². The third-order valence-corrected chi connectivity index (χ3v) is 6.84. The Morgan fingerprint density at radius 1 is 1.07 bits per heavy atom. The van der Waals surface area contributed by atoms with Crippen molar-refractivity contribution in [3.8, 4) is 11.5 Å². The highest BCUT2D eigenvalue weighted by molar-refractivity contribution is 7.89. The molecule has 2 heterocycles. The Hall–Kier alpha value is -2.33. The lowest BCUT2D eigenvalue weighted by Crippen LogP contribution is -2.48. The molecule has 1 aromatic heterocycles. The third kappa shape index (κ3) is 4.48. The summed E-state index contributed by atoms with van der Waals surface area (Å²) in [7, 11) is -3.63. The Morgan fingerprint density at radius 3 is 2.48 bits per heavy atom. The average Bonchev–Trinajstić information content (AvgIpc) is 3.17. The lowest BCUT2D eigenvalue weighted by atomic mass is 10.2. The van der Waals surface area contributed by atoms with E-state index in [-0.39, 0.29) is 4.90 Å². The molecule has 0 aliphatic carbocycles. The van der Waals surface area contributed by atoms with Gasteiger partial charge in [0.15, 0.2) is 5.82 Å². The number of benzene rings is 2. The second kappa shape index (κ2) is 8.19. The van der Waals surface area contributed by atoms with Crippen LogP contribution in [0.25, 0.3) is 11.5 Å². The minimum atomic E-state index is -3.63. The van der Waals surface area contributed by atoms with Crippen molar-refractivity contribution in [1.29, 1.82) is 0 Å². The van der Waals surface area contributed by atoms with Crippen LogP contribution in [0.5, 0.6) is 0 Å². The lowest BCUT2D eigenvalue weighted by molar-refractivity contribution is 0.176. The number of hydrogen-bond donors (Lipinski definition) is 0. The van der Waals surface area contributed by atoms with Crippen molar-refractivity contribution in [3.63, 3.8) is 0 Å². The molecule has 0 spiro atoms. The summed E-state index contributed by atoms with van der Waals surface area (Å²) < 4.78 is 45.1. The highest BCUT2D eigenvalue weighted by Gasteiger charge is 2.29. The van der Waals surface area contributed by atoms with Crippen LogP contribution in [-0.4, -0.2) is 53.9 Å². The van der Waals surface area contributed by atoms with Crippen LogP contribution >= 0.6 is 11.6 Å². The molecule has 0 saturated carbocycles. The average molecular weight is 437 g/mol. The van der Waals surface area contributed by atoms with Gasteiger partial charge in [0.1, 0.15) is 5.82 Å². The molecule has 152 valence electrons. The van der Waals surface area contributed by atoms with Crippen LogP contribution in [0.1, 0.15) is 5.82 Å². The third-order valence-electron chi connectivity index (χ3n) is 4.69. The first-order chi connectivity index (χ1) is 13.9. The largest absolute Gasteiger partial charge is 0.334 e. The van der Waals surface area contributed by atoms with Crippen molar-refractivity contribution < 1.29 is 17.3 Å². The van der Waals surface area contributed by atoms with Gasteiger partial charge in [-0.05, 0) is 42.5 Å². The molecule has 1 aliphatic heterocycles. The number of halogens is 2. The molecule has 1 aliphatic rings. The normalized spacial score (nSPS) is 16.2. The molecule has 0 bridgehead atoms. The van der Waals surface area contributed by atoms with E-state index >= 15 is 0 Å². The molecule has 7 nitrogen and oxygen atoms in total. The highest BCUT2D eigenvalue weighted by atomic mass is 35.5. The molecule has 1 fully saturated rings. The zero-order valence-corrected chi connectivity index (χ0v) is 16.9. The number of hydrogen-bond acceptors (Lipinski definition) is 6. The van der Waals surface area contributed by atoms with Gasteiger partial charge in [0.25, 0.3) is 5.89 Å². The summed E-state index contributed by atoms with van der Waals surface area (Å²) in [5.74, 6) is 0.445. The number of rotatable bonds is 5. The highest BCUT2D eigenvalue weighted by Crippen LogP contribution is 2.22. The predicted molar refractivity (Wildman–Crippen MR) is 105 cm³/mol. The fraction of sp³-hybridized carbons (Fsp3) is 0.263. The molecule has 1 saturated heterocycles. The van der Waals surface area contributed by atoms with Gasteiger partial charge in [0.2, 0.25) is 10.0 Å². The van der Waals surface area contributed by atoms with Gasteiger partial charge in [-0.25, -0.2) is 12.8 Å². The van der Waals surface area contributed by atoms with Gasteiger partial charge < -0.3 is 4.52 Å². The maximum Gasteiger partial charge on any atom is 0.258 e. The van der Waals surface area contributed by atoms with E-state index in [9.17, 15) is 12.8 Å². The Balaban J connectivity index is 1.37. The summed E-state index contributed by atoms with van der Waals surface area (Å²) in [5, 5.41) is 4.59. The van der Waals surface area contributed by atoms with Gasteiger partial charge in [0.05, 0.1) is 11.4 Å². The first-order valence-corrected chi connectivity index (χ1v) is 10.8. The minimum Gasteiger partial charge on any atom is -0.334 e. The molecule has 29 heavy (non-hydrogen) atoms. The van der Waals surface area contributed by atoms with E-state index < -0.39 is 15.8 Å². The van der Waals surface area contributed by atoms with Crippen molar-refractivity contribution in [2.24, 2.45) is 0 Å². The smallest absolute Gasteiger partial charge is 0.258 e. The summed E-state index contributed by atoms with van der Waals surface area (Å²) in [6.07, 6.45) is 0. The number of piperazine rings is 1. The summed E-state index contributed by atoms with van der Waals surface area (Å²) >= 11 is 5.99. The standard InChI is InChI=1S/C19H18ClFN4O3S/c20-15-3-1-2-14(12-15)19-22-18(23-28-19)13-24-8-10-25(11-9-24)29(26,27)17-6-4-16(21)5-7-17/h1-7,12H,8-11,13H2. The monoisotopic (exact) mass is 436 g/mol. The summed E-state index contributed by atoms with van der Waals surface area (Å²) in [4.78, 5) is 6.55. The van der Waals surface area contributed by atoms with Crippen molar-refractivity contribution in [3.05, 3.63) is 65.2 Å². The van der Waals surface area contributed by atoms with Crippen LogP contribution in [0.2, 0.25) is 5.02 Å². The van der Waals surface area contributed by atoms with Crippen LogP contribution in [0, 0.1) is 5.82 Å². The lowest BCUT2D eigenvalue weighted by Gasteiger charge is -2.33. The Labute approximate surface area is 172 Å². The van der Waals surface area contributed by atoms with E-state index in [2.05, 4.69) is 15.0 Å². The van der Waals surface area contributed by atoms with Crippen molar-refractivity contribution >= 4 is 21.6 Å². The van der Waals surface area contributed by atoms with Gasteiger partial charge in [-0.15, -0.1) is 0 Å². The Kier molecular flexibility index (Phi) is 5.64. The number of aromatic nitrogens is 2. The van der Waals surface area contributed by atoms with Crippen LogP contribution < -0.4 is 0 Å². The van der Waals surface area contributed by atoms with Gasteiger partial charge >= 0.3 is 0 Å². The molecular weight excluding hydrogens is 419 g/mol. The molecule has 0 N–H and O–H groups in total. The molecule has 0 amide bonds. The first-order valence-electron chi connectivity index (χ1n) is 8.98. The second-order valence-corrected chi connectivity index (χ2v) is 9.03. The maximum absolute atomic E-state index is 13.1. The summed E-state index contributed by atoms with van der Waals surface area (Å²) in [6.45, 7) is 2.18. The van der Waals surface area contributed by atoms with E-state index in [1.807, 2.05) is 12.1 Å². The van der Waals surface area contributed by atoms with Crippen LogP contribution in [0.15, 0.2) is 57.9 Å². The van der Waals surface area contributed by atoms with Gasteiger partial charge in [-0.1, -0.05) is 22.8 Å². The molecule has 0 radical (unpaired) electrons. The molecule has 10 heteroatoms. The van der Waals surface area contributed by atoms with Gasteiger partial charge in [-0.2, -0.15) is 9.29 Å². The topological polar surface area (TPSA) is 79.5 Å². The Morgan fingerprint density at radius 2 is 1.79 bits per heavy atom. The quantitative estimate of drug-likeness (QED) is 0.611.